The molecule has 0 saturated carbocycles. The highest BCUT2D eigenvalue weighted by molar-refractivity contribution is 6.24. The molecule has 1 atom stereocenters. The lowest BCUT2D eigenvalue weighted by atomic mass is 9.90. The molecule has 6 nitrogen and oxygen atoms in total. The van der Waals surface area contributed by atoms with Gasteiger partial charge in [0.15, 0.2) is 0 Å². The van der Waals surface area contributed by atoms with E-state index < -0.39 is 5.92 Å². The first-order valence-corrected chi connectivity index (χ1v) is 9.69. The van der Waals surface area contributed by atoms with Crippen LogP contribution in [0.25, 0.3) is 0 Å². The van der Waals surface area contributed by atoms with Gasteiger partial charge in [0.2, 0.25) is 11.8 Å². The van der Waals surface area contributed by atoms with Crippen molar-refractivity contribution in [1.82, 2.24) is 0 Å². The minimum absolute atomic E-state index is 0.0508. The van der Waals surface area contributed by atoms with Crippen molar-refractivity contribution in [3.8, 4) is 0 Å². The summed E-state index contributed by atoms with van der Waals surface area (Å²) in [6.45, 7) is -0.0508. The van der Waals surface area contributed by atoms with Crippen LogP contribution in [-0.4, -0.2) is 31.1 Å². The molecule has 0 fully saturated rings. The molecule has 1 aliphatic rings. The maximum atomic E-state index is 12.8. The van der Waals surface area contributed by atoms with E-state index in [0.29, 0.717) is 11.4 Å². The number of fused-ring (bicyclic) bond motifs is 1. The highest BCUT2D eigenvalue weighted by Gasteiger charge is 2.35. The summed E-state index contributed by atoms with van der Waals surface area (Å²) in [5, 5.41) is 2.95. The van der Waals surface area contributed by atoms with Gasteiger partial charge >= 0.3 is 0 Å². The first-order chi connectivity index (χ1) is 14.6. The second-order valence-corrected chi connectivity index (χ2v) is 7.05. The molecule has 1 aliphatic heterocycles. The second kappa shape index (κ2) is 8.31. The first-order valence-electron chi connectivity index (χ1n) is 9.69. The SMILES string of the molecule is CN(C(=O)CN)c1ccc(N=C(c2ccccc2)C2C(=O)Nc3ccccc32)cc1. The van der Waals surface area contributed by atoms with Crippen molar-refractivity contribution in [1.29, 1.82) is 0 Å². The van der Waals surface area contributed by atoms with Gasteiger partial charge in [-0.05, 0) is 41.5 Å². The van der Waals surface area contributed by atoms with E-state index in [1.807, 2.05) is 78.9 Å². The normalized spacial score (nSPS) is 15.5. The zero-order chi connectivity index (χ0) is 21.1. The van der Waals surface area contributed by atoms with Gasteiger partial charge in [-0.2, -0.15) is 0 Å². The predicted molar refractivity (Wildman–Crippen MR) is 119 cm³/mol. The van der Waals surface area contributed by atoms with E-state index in [1.54, 1.807) is 7.05 Å². The van der Waals surface area contributed by atoms with Crippen LogP contribution < -0.4 is 16.0 Å². The Morgan fingerprint density at radius 2 is 1.67 bits per heavy atom. The topological polar surface area (TPSA) is 87.8 Å². The summed E-state index contributed by atoms with van der Waals surface area (Å²) in [5.41, 5.74) is 10.2. The van der Waals surface area contributed by atoms with Crippen molar-refractivity contribution in [2.75, 3.05) is 23.8 Å². The second-order valence-electron chi connectivity index (χ2n) is 7.05. The van der Waals surface area contributed by atoms with Crippen molar-refractivity contribution in [2.45, 2.75) is 5.92 Å². The number of anilines is 2. The Labute approximate surface area is 175 Å². The van der Waals surface area contributed by atoms with Crippen LogP contribution in [0.2, 0.25) is 0 Å². The Hall–Kier alpha value is -3.77. The molecule has 2 amide bonds. The lowest BCUT2D eigenvalue weighted by Crippen LogP contribution is -2.32. The fraction of sp³-hybridized carbons (Fsp3) is 0.125. The maximum Gasteiger partial charge on any atom is 0.240 e. The summed E-state index contributed by atoms with van der Waals surface area (Å²) in [5.74, 6) is -0.760. The predicted octanol–water partition coefficient (Wildman–Crippen LogP) is 3.46. The molecular formula is C24H22N4O2. The van der Waals surface area contributed by atoms with Crippen LogP contribution in [0.5, 0.6) is 0 Å². The van der Waals surface area contributed by atoms with E-state index in [9.17, 15) is 9.59 Å². The van der Waals surface area contributed by atoms with Gasteiger partial charge < -0.3 is 16.0 Å². The largest absolute Gasteiger partial charge is 0.325 e. The molecule has 0 saturated heterocycles. The van der Waals surface area contributed by atoms with Gasteiger partial charge in [0.1, 0.15) is 5.92 Å². The highest BCUT2D eigenvalue weighted by atomic mass is 16.2. The van der Waals surface area contributed by atoms with Gasteiger partial charge in [0.25, 0.3) is 0 Å². The van der Waals surface area contributed by atoms with Crippen molar-refractivity contribution in [3.63, 3.8) is 0 Å². The Kier molecular flexibility index (Phi) is 5.41. The summed E-state index contributed by atoms with van der Waals surface area (Å²) >= 11 is 0. The van der Waals surface area contributed by atoms with Gasteiger partial charge in [-0.25, -0.2) is 0 Å². The van der Waals surface area contributed by atoms with Crippen LogP contribution in [0.3, 0.4) is 0 Å². The van der Waals surface area contributed by atoms with Crippen LogP contribution in [0.15, 0.2) is 83.9 Å². The number of nitrogens with zero attached hydrogens (tertiary/aromatic N) is 2. The molecule has 6 heteroatoms. The van der Waals surface area contributed by atoms with E-state index in [0.717, 1.165) is 22.5 Å². The molecule has 150 valence electrons. The molecule has 3 N–H and O–H groups in total. The number of aliphatic imine (C=N–C) groups is 1. The number of hydrogen-bond donors (Lipinski definition) is 2. The lowest BCUT2D eigenvalue weighted by Gasteiger charge is -2.17. The van der Waals surface area contributed by atoms with Crippen LogP contribution in [0.4, 0.5) is 17.1 Å². The summed E-state index contributed by atoms with van der Waals surface area (Å²) in [7, 11) is 1.68. The summed E-state index contributed by atoms with van der Waals surface area (Å²) < 4.78 is 0. The standard InChI is InChI=1S/C24H22N4O2/c1-28(21(29)15-25)18-13-11-17(12-14-18)26-23(16-7-3-2-4-8-16)22-19-9-5-6-10-20(19)27-24(22)30/h2-14,22H,15,25H2,1H3,(H,27,30). The molecule has 0 radical (unpaired) electrons. The van der Waals surface area contributed by atoms with Crippen LogP contribution in [-0.2, 0) is 9.59 Å². The van der Waals surface area contributed by atoms with Crippen LogP contribution >= 0.6 is 0 Å². The van der Waals surface area contributed by atoms with Gasteiger partial charge in [-0.1, -0.05) is 48.5 Å². The minimum Gasteiger partial charge on any atom is -0.325 e. The molecule has 30 heavy (non-hydrogen) atoms. The van der Waals surface area contributed by atoms with E-state index in [4.69, 9.17) is 10.7 Å². The van der Waals surface area contributed by atoms with Gasteiger partial charge in [0.05, 0.1) is 17.9 Å². The average Bonchev–Trinajstić information content (AvgIpc) is 3.13. The number of rotatable bonds is 5. The van der Waals surface area contributed by atoms with Gasteiger partial charge in [-0.15, -0.1) is 0 Å². The fourth-order valence-corrected chi connectivity index (χ4v) is 3.56. The number of carbonyl (C=O) groups is 2. The smallest absolute Gasteiger partial charge is 0.240 e. The number of amides is 2. The van der Waals surface area contributed by atoms with Gasteiger partial charge in [0, 0.05) is 18.4 Å². The third kappa shape index (κ3) is 3.73. The molecule has 0 bridgehead atoms. The van der Waals surface area contributed by atoms with Crippen LogP contribution in [0.1, 0.15) is 17.0 Å². The quantitative estimate of drug-likeness (QED) is 0.645. The van der Waals surface area contributed by atoms with E-state index in [2.05, 4.69) is 5.32 Å². The molecule has 0 spiro atoms. The Morgan fingerprint density at radius 3 is 2.37 bits per heavy atom. The number of likely N-dealkylation sites (N-methyl/N-ethyl adjacent to an activating group) is 1. The Bertz CT molecular complexity index is 1110. The molecule has 0 aliphatic carbocycles. The first kappa shape index (κ1) is 19.5. The fourth-order valence-electron chi connectivity index (χ4n) is 3.56. The van der Waals surface area contributed by atoms with E-state index in [-0.39, 0.29) is 18.4 Å². The number of benzene rings is 3. The number of para-hydroxylation sites is 1. The lowest BCUT2D eigenvalue weighted by molar-refractivity contribution is -0.117. The maximum absolute atomic E-state index is 12.8. The molecule has 3 aromatic rings. The third-order valence-corrected chi connectivity index (χ3v) is 5.17. The number of nitrogens with two attached hydrogens (primary N) is 1. The average molecular weight is 398 g/mol. The Balaban J connectivity index is 1.76. The summed E-state index contributed by atoms with van der Waals surface area (Å²) in [4.78, 5) is 31.0. The molecule has 1 heterocycles. The van der Waals surface area contributed by atoms with E-state index in [1.165, 1.54) is 4.90 Å². The number of hydrogen-bond acceptors (Lipinski definition) is 4. The van der Waals surface area contributed by atoms with Crippen molar-refractivity contribution in [3.05, 3.63) is 90.0 Å². The number of nitrogens with one attached hydrogen (secondary N) is 1. The number of carbonyl (C=O) groups excluding carboxylic acids is 2. The van der Waals surface area contributed by atoms with Crippen molar-refractivity contribution < 1.29 is 9.59 Å². The van der Waals surface area contributed by atoms with Crippen LogP contribution in [0, 0.1) is 0 Å². The summed E-state index contributed by atoms with van der Waals surface area (Å²) in [6.07, 6.45) is 0. The van der Waals surface area contributed by atoms with Crippen molar-refractivity contribution >= 4 is 34.6 Å². The summed E-state index contributed by atoms with van der Waals surface area (Å²) in [6, 6.07) is 24.7. The molecular weight excluding hydrogens is 376 g/mol. The molecule has 0 aromatic heterocycles. The molecule has 4 rings (SSSR count). The van der Waals surface area contributed by atoms with Crippen molar-refractivity contribution in [2.24, 2.45) is 10.7 Å². The zero-order valence-electron chi connectivity index (χ0n) is 16.6. The molecule has 1 unspecified atom stereocenters. The molecule has 3 aromatic carbocycles. The van der Waals surface area contributed by atoms with Gasteiger partial charge in [-0.3, -0.25) is 14.6 Å². The van der Waals surface area contributed by atoms with E-state index >= 15 is 0 Å². The minimum atomic E-state index is -0.496. The third-order valence-electron chi connectivity index (χ3n) is 5.17. The monoisotopic (exact) mass is 398 g/mol. The highest BCUT2D eigenvalue weighted by Crippen LogP contribution is 2.36. The Morgan fingerprint density at radius 1 is 1.00 bits per heavy atom. The zero-order valence-corrected chi connectivity index (χ0v) is 16.6.